The van der Waals surface area contributed by atoms with Crippen molar-refractivity contribution in [1.82, 2.24) is 9.55 Å². The van der Waals surface area contributed by atoms with Gasteiger partial charge in [0.25, 0.3) is 0 Å². The molecule has 0 bridgehead atoms. The van der Waals surface area contributed by atoms with Crippen molar-refractivity contribution in [1.29, 1.82) is 0 Å². The van der Waals surface area contributed by atoms with Gasteiger partial charge in [-0.25, -0.2) is 4.98 Å². The molecule has 0 unspecified atom stereocenters. The number of imidazole rings is 1. The summed E-state index contributed by atoms with van der Waals surface area (Å²) in [6, 6.07) is 5.07. The van der Waals surface area contributed by atoms with Crippen molar-refractivity contribution in [2.24, 2.45) is 0 Å². The van der Waals surface area contributed by atoms with Crippen molar-refractivity contribution in [3.05, 3.63) is 47.5 Å². The molecule has 0 atom stereocenters. The maximum Gasteiger partial charge on any atom is 0.416 e. The van der Waals surface area contributed by atoms with E-state index in [-0.39, 0.29) is 18.4 Å². The van der Waals surface area contributed by atoms with Crippen LogP contribution in [0, 0.1) is 6.92 Å². The summed E-state index contributed by atoms with van der Waals surface area (Å²) in [5, 5.41) is 0. The first-order chi connectivity index (χ1) is 9.79. The summed E-state index contributed by atoms with van der Waals surface area (Å²) in [7, 11) is 0. The van der Waals surface area contributed by atoms with Gasteiger partial charge in [0.15, 0.2) is 0 Å². The lowest BCUT2D eigenvalue weighted by atomic mass is 10.2. The summed E-state index contributed by atoms with van der Waals surface area (Å²) in [6.45, 7) is 6.10. The van der Waals surface area contributed by atoms with Gasteiger partial charge in [0.2, 0.25) is 0 Å². The Balaban J connectivity index is 2.14. The number of benzene rings is 1. The molecule has 0 aliphatic carbocycles. The second-order valence-corrected chi connectivity index (χ2v) is 5.09. The molecular formula is C15H17F3N2O. The molecule has 1 aromatic heterocycles. The van der Waals surface area contributed by atoms with Crippen molar-refractivity contribution < 1.29 is 17.9 Å². The first-order valence-corrected chi connectivity index (χ1v) is 6.62. The van der Waals surface area contributed by atoms with Gasteiger partial charge in [0, 0.05) is 17.9 Å². The molecule has 0 spiro atoms. The third-order valence-corrected chi connectivity index (χ3v) is 3.10. The lowest BCUT2D eigenvalue weighted by molar-refractivity contribution is -0.137. The predicted molar refractivity (Wildman–Crippen MR) is 73.1 cm³/mol. The van der Waals surface area contributed by atoms with Crippen LogP contribution in [0.3, 0.4) is 0 Å². The lowest BCUT2D eigenvalue weighted by Gasteiger charge is -2.15. The number of ether oxygens (including phenoxy) is 1. The minimum atomic E-state index is -4.37. The summed E-state index contributed by atoms with van der Waals surface area (Å²) in [5.41, 5.74) is 0.274. The zero-order valence-corrected chi connectivity index (χ0v) is 12.1. The Hall–Kier alpha value is -1.98. The van der Waals surface area contributed by atoms with E-state index in [1.165, 1.54) is 12.1 Å². The standard InChI is InChI=1S/C15H17F3N2O/c1-10(2)20-11(3)8-19-14(20)9-21-13-6-4-5-12(7-13)15(16,17)18/h4-8,10H,9H2,1-3H3. The smallest absolute Gasteiger partial charge is 0.416 e. The average Bonchev–Trinajstić information content (AvgIpc) is 2.77. The van der Waals surface area contributed by atoms with Crippen LogP contribution in [0.5, 0.6) is 5.75 Å². The number of aryl methyl sites for hydroxylation is 1. The largest absolute Gasteiger partial charge is 0.486 e. The van der Waals surface area contributed by atoms with Gasteiger partial charge >= 0.3 is 6.18 Å². The van der Waals surface area contributed by atoms with Crippen LogP contribution in [0.2, 0.25) is 0 Å². The van der Waals surface area contributed by atoms with Gasteiger partial charge in [-0.3, -0.25) is 0 Å². The highest BCUT2D eigenvalue weighted by Crippen LogP contribution is 2.31. The quantitative estimate of drug-likeness (QED) is 0.838. The number of aromatic nitrogens is 2. The Bertz CT molecular complexity index is 618. The Morgan fingerprint density at radius 1 is 1.29 bits per heavy atom. The molecule has 2 aromatic rings. The van der Waals surface area contributed by atoms with E-state index in [4.69, 9.17) is 4.74 Å². The third-order valence-electron chi connectivity index (χ3n) is 3.10. The van der Waals surface area contributed by atoms with Gasteiger partial charge in [-0.15, -0.1) is 0 Å². The molecule has 0 saturated carbocycles. The second kappa shape index (κ2) is 5.79. The molecule has 1 heterocycles. The molecule has 0 fully saturated rings. The van der Waals surface area contributed by atoms with E-state index in [9.17, 15) is 13.2 Å². The highest BCUT2D eigenvalue weighted by molar-refractivity contribution is 5.30. The minimum absolute atomic E-state index is 0.132. The van der Waals surface area contributed by atoms with Crippen molar-refractivity contribution in [2.75, 3.05) is 0 Å². The predicted octanol–water partition coefficient (Wildman–Crippen LogP) is 4.37. The molecular weight excluding hydrogens is 281 g/mol. The Labute approximate surface area is 121 Å². The summed E-state index contributed by atoms with van der Waals surface area (Å²) in [5.74, 6) is 0.876. The maximum absolute atomic E-state index is 12.6. The van der Waals surface area contributed by atoms with Crippen LogP contribution >= 0.6 is 0 Å². The normalized spacial score (nSPS) is 12.0. The molecule has 0 amide bonds. The van der Waals surface area contributed by atoms with Gasteiger partial charge < -0.3 is 9.30 Å². The molecule has 3 nitrogen and oxygen atoms in total. The molecule has 2 rings (SSSR count). The summed E-state index contributed by atoms with van der Waals surface area (Å²) in [6.07, 6.45) is -2.64. The van der Waals surface area contributed by atoms with Crippen LogP contribution in [0.25, 0.3) is 0 Å². The van der Waals surface area contributed by atoms with Crippen LogP contribution in [-0.2, 0) is 12.8 Å². The van der Waals surface area contributed by atoms with Crippen LogP contribution in [0.1, 0.15) is 37.0 Å². The molecule has 0 aliphatic rings. The third kappa shape index (κ3) is 3.56. The fourth-order valence-electron chi connectivity index (χ4n) is 2.22. The van der Waals surface area contributed by atoms with E-state index in [1.54, 1.807) is 6.20 Å². The molecule has 6 heteroatoms. The number of rotatable bonds is 4. The Morgan fingerprint density at radius 2 is 2.00 bits per heavy atom. The fourth-order valence-corrected chi connectivity index (χ4v) is 2.22. The van der Waals surface area contributed by atoms with Crippen LogP contribution < -0.4 is 4.74 Å². The van der Waals surface area contributed by atoms with Crippen molar-refractivity contribution in [3.63, 3.8) is 0 Å². The van der Waals surface area contributed by atoms with Gasteiger partial charge in [-0.1, -0.05) is 6.07 Å². The number of nitrogens with zero attached hydrogens (tertiary/aromatic N) is 2. The Kier molecular flexibility index (Phi) is 4.25. The van der Waals surface area contributed by atoms with Crippen molar-refractivity contribution >= 4 is 0 Å². The van der Waals surface area contributed by atoms with Crippen LogP contribution in [-0.4, -0.2) is 9.55 Å². The number of alkyl halides is 3. The van der Waals surface area contributed by atoms with E-state index in [1.807, 2.05) is 25.3 Å². The van der Waals surface area contributed by atoms with E-state index in [2.05, 4.69) is 4.98 Å². The zero-order chi connectivity index (χ0) is 15.6. The van der Waals surface area contributed by atoms with Gasteiger partial charge in [0.1, 0.15) is 18.2 Å². The molecule has 1 aromatic carbocycles. The van der Waals surface area contributed by atoms with Crippen LogP contribution in [0.15, 0.2) is 30.5 Å². The molecule has 21 heavy (non-hydrogen) atoms. The number of hydrogen-bond donors (Lipinski definition) is 0. The zero-order valence-electron chi connectivity index (χ0n) is 12.1. The molecule has 114 valence electrons. The van der Waals surface area contributed by atoms with Gasteiger partial charge in [-0.2, -0.15) is 13.2 Å². The Morgan fingerprint density at radius 3 is 2.62 bits per heavy atom. The molecule has 0 radical (unpaired) electrons. The summed E-state index contributed by atoms with van der Waals surface area (Å²) in [4.78, 5) is 4.24. The van der Waals surface area contributed by atoms with Crippen molar-refractivity contribution in [3.8, 4) is 5.75 Å². The highest BCUT2D eigenvalue weighted by Gasteiger charge is 2.30. The topological polar surface area (TPSA) is 27.1 Å². The molecule has 0 N–H and O–H groups in total. The van der Waals surface area contributed by atoms with E-state index in [0.29, 0.717) is 5.82 Å². The second-order valence-electron chi connectivity index (χ2n) is 5.09. The van der Waals surface area contributed by atoms with E-state index < -0.39 is 11.7 Å². The summed E-state index contributed by atoms with van der Waals surface area (Å²) >= 11 is 0. The van der Waals surface area contributed by atoms with Crippen molar-refractivity contribution in [2.45, 2.75) is 39.6 Å². The number of hydrogen-bond acceptors (Lipinski definition) is 2. The average molecular weight is 298 g/mol. The molecule has 0 saturated heterocycles. The van der Waals surface area contributed by atoms with E-state index >= 15 is 0 Å². The SMILES string of the molecule is Cc1cnc(COc2cccc(C(F)(F)F)c2)n1C(C)C. The monoisotopic (exact) mass is 298 g/mol. The van der Waals surface area contributed by atoms with Gasteiger partial charge in [0.05, 0.1) is 5.56 Å². The first-order valence-electron chi connectivity index (χ1n) is 6.62. The van der Waals surface area contributed by atoms with E-state index in [0.717, 1.165) is 17.8 Å². The highest BCUT2D eigenvalue weighted by atomic mass is 19.4. The molecule has 0 aliphatic heterocycles. The lowest BCUT2D eigenvalue weighted by Crippen LogP contribution is -2.11. The minimum Gasteiger partial charge on any atom is -0.486 e. The fraction of sp³-hybridized carbons (Fsp3) is 0.400. The summed E-state index contributed by atoms with van der Waals surface area (Å²) < 4.78 is 45.3. The van der Waals surface area contributed by atoms with Crippen LogP contribution in [0.4, 0.5) is 13.2 Å². The van der Waals surface area contributed by atoms with Gasteiger partial charge in [-0.05, 0) is 39.0 Å². The maximum atomic E-state index is 12.6. The number of halogens is 3. The first kappa shape index (κ1) is 15.4.